The Morgan fingerprint density at radius 1 is 1.47 bits per heavy atom. The number of nitrogens with zero attached hydrogens (tertiary/aromatic N) is 3. The second-order valence-corrected chi connectivity index (χ2v) is 4.48. The van der Waals surface area contributed by atoms with Crippen LogP contribution in [-0.2, 0) is 11.3 Å². The zero-order valence-corrected chi connectivity index (χ0v) is 9.24. The van der Waals surface area contributed by atoms with Crippen molar-refractivity contribution in [2.45, 2.75) is 6.54 Å². The molecule has 2 rings (SSSR count). The maximum Gasteiger partial charge on any atom is 0.209 e. The Morgan fingerprint density at radius 2 is 2.20 bits per heavy atom. The summed E-state index contributed by atoms with van der Waals surface area (Å²) in [6.07, 6.45) is 0.915. The maximum absolute atomic E-state index is 10.5. The fraction of sp³-hybridized carbons (Fsp3) is 0.556. The average molecular weight is 226 g/mol. The largest absolute Gasteiger partial charge is 0.375 e. The van der Waals surface area contributed by atoms with Crippen LogP contribution >= 0.6 is 11.3 Å². The van der Waals surface area contributed by atoms with Crippen LogP contribution in [0.3, 0.4) is 0 Å². The summed E-state index contributed by atoms with van der Waals surface area (Å²) in [5.41, 5.74) is 6.59. The van der Waals surface area contributed by atoms with E-state index >= 15 is 0 Å². The van der Waals surface area contributed by atoms with Crippen LogP contribution < -0.4 is 5.73 Å². The van der Waals surface area contributed by atoms with Gasteiger partial charge in [-0.15, -0.1) is 11.3 Å². The van der Waals surface area contributed by atoms with Gasteiger partial charge in [0.2, 0.25) is 6.41 Å². The fourth-order valence-electron chi connectivity index (χ4n) is 1.65. The highest BCUT2D eigenvalue weighted by molar-refractivity contribution is 7.13. The number of nitrogens with two attached hydrogens (primary N) is 1. The lowest BCUT2D eigenvalue weighted by molar-refractivity contribution is -0.119. The molecule has 5 nitrogen and oxygen atoms in total. The average Bonchev–Trinajstić information content (AvgIpc) is 2.65. The van der Waals surface area contributed by atoms with Gasteiger partial charge in [0.1, 0.15) is 0 Å². The number of nitrogen functional groups attached to an aromatic ring is 1. The molecule has 0 spiro atoms. The number of carbonyl (C=O) groups is 1. The lowest BCUT2D eigenvalue weighted by Crippen LogP contribution is -2.45. The van der Waals surface area contributed by atoms with E-state index in [1.165, 1.54) is 11.3 Å². The second-order valence-electron chi connectivity index (χ2n) is 3.59. The number of piperazine rings is 1. The Kier molecular flexibility index (Phi) is 3.17. The van der Waals surface area contributed by atoms with Crippen molar-refractivity contribution in [3.05, 3.63) is 11.1 Å². The van der Waals surface area contributed by atoms with Crippen LogP contribution in [0.2, 0.25) is 0 Å². The summed E-state index contributed by atoms with van der Waals surface area (Å²) >= 11 is 1.47. The Hall–Kier alpha value is -1.14. The van der Waals surface area contributed by atoms with Crippen LogP contribution in [0.4, 0.5) is 5.13 Å². The molecular weight excluding hydrogens is 212 g/mol. The molecule has 82 valence electrons. The first-order valence-corrected chi connectivity index (χ1v) is 5.77. The number of rotatable bonds is 3. The summed E-state index contributed by atoms with van der Waals surface area (Å²) in [4.78, 5) is 18.8. The SMILES string of the molecule is Nc1nc(CN2CCN(C=O)CC2)cs1. The van der Waals surface area contributed by atoms with Gasteiger partial charge < -0.3 is 10.6 Å². The number of thiazole rings is 1. The molecule has 0 radical (unpaired) electrons. The lowest BCUT2D eigenvalue weighted by atomic mass is 10.3. The van der Waals surface area contributed by atoms with Gasteiger partial charge in [-0.1, -0.05) is 0 Å². The van der Waals surface area contributed by atoms with E-state index in [0.29, 0.717) is 5.13 Å². The summed E-state index contributed by atoms with van der Waals surface area (Å²) in [5.74, 6) is 0. The highest BCUT2D eigenvalue weighted by Crippen LogP contribution is 2.13. The van der Waals surface area contributed by atoms with Crippen molar-refractivity contribution in [2.75, 3.05) is 31.9 Å². The topological polar surface area (TPSA) is 62.5 Å². The number of hydrogen-bond donors (Lipinski definition) is 1. The molecule has 15 heavy (non-hydrogen) atoms. The highest BCUT2D eigenvalue weighted by Gasteiger charge is 2.16. The molecule has 2 N–H and O–H groups in total. The minimum absolute atomic E-state index is 0.622. The number of hydrogen-bond acceptors (Lipinski definition) is 5. The smallest absolute Gasteiger partial charge is 0.209 e. The van der Waals surface area contributed by atoms with E-state index < -0.39 is 0 Å². The van der Waals surface area contributed by atoms with Crippen molar-refractivity contribution >= 4 is 22.9 Å². The van der Waals surface area contributed by atoms with E-state index in [2.05, 4.69) is 9.88 Å². The molecule has 2 heterocycles. The molecule has 1 aromatic rings. The van der Waals surface area contributed by atoms with Gasteiger partial charge in [-0.25, -0.2) is 4.98 Å². The van der Waals surface area contributed by atoms with Gasteiger partial charge in [-0.2, -0.15) is 0 Å². The number of anilines is 1. The lowest BCUT2D eigenvalue weighted by Gasteiger charge is -2.31. The molecule has 1 fully saturated rings. The molecule has 1 aromatic heterocycles. The summed E-state index contributed by atoms with van der Waals surface area (Å²) in [5, 5.41) is 2.61. The van der Waals surface area contributed by atoms with Gasteiger partial charge in [-0.3, -0.25) is 9.69 Å². The number of amides is 1. The van der Waals surface area contributed by atoms with Crippen molar-refractivity contribution in [1.82, 2.24) is 14.8 Å². The van der Waals surface area contributed by atoms with Crippen LogP contribution in [0.15, 0.2) is 5.38 Å². The molecule has 0 aromatic carbocycles. The fourth-order valence-corrected chi connectivity index (χ4v) is 2.21. The standard InChI is InChI=1S/C9H14N4OS/c10-9-11-8(6-15-9)5-12-1-3-13(7-14)4-2-12/h6-7H,1-5H2,(H2,10,11). The molecule has 0 unspecified atom stereocenters. The van der Waals surface area contributed by atoms with Crippen molar-refractivity contribution in [3.8, 4) is 0 Å². The minimum Gasteiger partial charge on any atom is -0.375 e. The third kappa shape index (κ3) is 2.66. The molecule has 1 saturated heterocycles. The summed E-state index contributed by atoms with van der Waals surface area (Å²) in [7, 11) is 0. The molecule has 1 aliphatic heterocycles. The van der Waals surface area contributed by atoms with E-state index in [1.54, 1.807) is 4.90 Å². The number of carbonyl (C=O) groups excluding carboxylic acids is 1. The van der Waals surface area contributed by atoms with Gasteiger partial charge in [0.15, 0.2) is 5.13 Å². The minimum atomic E-state index is 0.622. The van der Waals surface area contributed by atoms with Crippen LogP contribution in [-0.4, -0.2) is 47.4 Å². The van der Waals surface area contributed by atoms with Crippen molar-refractivity contribution < 1.29 is 4.79 Å². The van der Waals surface area contributed by atoms with Gasteiger partial charge in [0.05, 0.1) is 5.69 Å². The molecule has 1 amide bonds. The van der Waals surface area contributed by atoms with E-state index in [4.69, 9.17) is 5.73 Å². The maximum atomic E-state index is 10.5. The Balaban J connectivity index is 1.84. The van der Waals surface area contributed by atoms with E-state index in [-0.39, 0.29) is 0 Å². The first-order chi connectivity index (χ1) is 7.28. The molecule has 0 aliphatic carbocycles. The Morgan fingerprint density at radius 3 is 2.73 bits per heavy atom. The molecule has 0 bridgehead atoms. The normalized spacial score (nSPS) is 18.0. The van der Waals surface area contributed by atoms with Gasteiger partial charge in [-0.05, 0) is 0 Å². The van der Waals surface area contributed by atoms with Crippen LogP contribution in [0.25, 0.3) is 0 Å². The molecule has 6 heteroatoms. The third-order valence-corrected chi connectivity index (χ3v) is 3.23. The first kappa shape index (κ1) is 10.4. The van der Waals surface area contributed by atoms with Crippen LogP contribution in [0, 0.1) is 0 Å². The first-order valence-electron chi connectivity index (χ1n) is 4.89. The summed E-state index contributed by atoms with van der Waals surface area (Å²) in [6, 6.07) is 0. The quantitative estimate of drug-likeness (QED) is 0.737. The van der Waals surface area contributed by atoms with Gasteiger partial charge >= 0.3 is 0 Å². The summed E-state index contributed by atoms with van der Waals surface area (Å²) < 4.78 is 0. The molecule has 0 atom stereocenters. The highest BCUT2D eigenvalue weighted by atomic mass is 32.1. The van der Waals surface area contributed by atoms with E-state index in [1.807, 2.05) is 5.38 Å². The monoisotopic (exact) mass is 226 g/mol. The van der Waals surface area contributed by atoms with Crippen molar-refractivity contribution in [1.29, 1.82) is 0 Å². The molecule has 0 saturated carbocycles. The zero-order chi connectivity index (χ0) is 10.7. The molecular formula is C9H14N4OS. The van der Waals surface area contributed by atoms with Crippen molar-refractivity contribution in [2.24, 2.45) is 0 Å². The van der Waals surface area contributed by atoms with Gasteiger partial charge in [0, 0.05) is 38.1 Å². The Labute approximate surface area is 92.5 Å². The van der Waals surface area contributed by atoms with Crippen LogP contribution in [0.1, 0.15) is 5.69 Å². The third-order valence-electron chi connectivity index (χ3n) is 2.51. The predicted octanol–water partition coefficient (Wildman–Crippen LogP) is -0.000700. The zero-order valence-electron chi connectivity index (χ0n) is 8.43. The molecule has 1 aliphatic rings. The summed E-state index contributed by atoms with van der Waals surface area (Å²) in [6.45, 7) is 4.28. The van der Waals surface area contributed by atoms with Gasteiger partial charge in [0.25, 0.3) is 0 Å². The second kappa shape index (κ2) is 4.59. The number of aromatic nitrogens is 1. The van der Waals surface area contributed by atoms with E-state index in [9.17, 15) is 4.79 Å². The van der Waals surface area contributed by atoms with Crippen molar-refractivity contribution in [3.63, 3.8) is 0 Å². The van der Waals surface area contributed by atoms with Crippen LogP contribution in [0.5, 0.6) is 0 Å². The Bertz CT molecular complexity index is 333. The predicted molar refractivity (Wildman–Crippen MR) is 59.4 cm³/mol. The van der Waals surface area contributed by atoms with E-state index in [0.717, 1.165) is 44.8 Å².